The van der Waals surface area contributed by atoms with E-state index < -0.39 is 18.4 Å². The monoisotopic (exact) mass is 420 g/mol. The molecule has 1 rings (SSSR count). The molecule has 1 aromatic carbocycles. The minimum atomic E-state index is -2.47. The molecule has 0 aliphatic rings. The summed E-state index contributed by atoms with van der Waals surface area (Å²) in [5.41, 5.74) is 0. The average Bonchev–Trinajstić information content (AvgIpc) is 2.50. The fourth-order valence-electron chi connectivity index (χ4n) is 3.18. The summed E-state index contributed by atoms with van der Waals surface area (Å²) in [5.74, 6) is -0.222. The molecule has 0 N–H and O–H groups in total. The van der Waals surface area contributed by atoms with Gasteiger partial charge in [-0.15, -0.1) is 0 Å². The van der Waals surface area contributed by atoms with Crippen LogP contribution in [0.4, 0.5) is 4.39 Å². The predicted molar refractivity (Wildman–Crippen MR) is 95.9 cm³/mol. The summed E-state index contributed by atoms with van der Waals surface area (Å²) in [4.78, 5) is 0. The summed E-state index contributed by atoms with van der Waals surface area (Å²) < 4.78 is 19.4. The van der Waals surface area contributed by atoms with E-state index in [1.165, 1.54) is 55.4 Å². The minimum absolute atomic E-state index is 0.222. The third-order valence-corrected chi connectivity index (χ3v) is 20.5. The zero-order valence-corrected chi connectivity index (χ0v) is 17.5. The summed E-state index contributed by atoms with van der Waals surface area (Å²) in [6.07, 6.45) is 7.63. The Bertz CT molecular complexity index is 398. The van der Waals surface area contributed by atoms with E-state index in [4.69, 9.17) is 11.6 Å². The SMILES string of the molecule is CCC[CH2][Sn]([CH2]CCC)([CH2]CCC)[c]1ccc(Cl)c(F)c1. The molecule has 21 heavy (non-hydrogen) atoms. The first-order valence-electron chi connectivity index (χ1n) is 8.55. The molecular formula is C18H30ClFSn. The van der Waals surface area contributed by atoms with Crippen LogP contribution in [0, 0.1) is 5.82 Å². The van der Waals surface area contributed by atoms with Crippen LogP contribution in [0.1, 0.15) is 59.3 Å². The molecule has 0 aliphatic heterocycles. The van der Waals surface area contributed by atoms with Crippen molar-refractivity contribution < 1.29 is 4.39 Å². The van der Waals surface area contributed by atoms with Gasteiger partial charge in [-0.2, -0.15) is 0 Å². The maximum atomic E-state index is 14.0. The summed E-state index contributed by atoms with van der Waals surface area (Å²) in [6, 6.07) is 5.70. The van der Waals surface area contributed by atoms with Gasteiger partial charge >= 0.3 is 140 Å². The van der Waals surface area contributed by atoms with Crippen LogP contribution in [0.3, 0.4) is 0 Å². The van der Waals surface area contributed by atoms with E-state index >= 15 is 0 Å². The molecule has 0 bridgehead atoms. The van der Waals surface area contributed by atoms with Crippen LogP contribution in [0.25, 0.3) is 0 Å². The molecule has 0 saturated carbocycles. The van der Waals surface area contributed by atoms with Gasteiger partial charge in [-0.25, -0.2) is 0 Å². The van der Waals surface area contributed by atoms with Crippen molar-refractivity contribution in [1.29, 1.82) is 0 Å². The van der Waals surface area contributed by atoms with Crippen LogP contribution >= 0.6 is 11.6 Å². The molecule has 120 valence electrons. The molecule has 1 aromatic rings. The fourth-order valence-corrected chi connectivity index (χ4v) is 19.2. The normalized spacial score (nSPS) is 11.9. The molecule has 0 saturated heterocycles. The van der Waals surface area contributed by atoms with Gasteiger partial charge in [0.1, 0.15) is 0 Å². The molecule has 0 aliphatic carbocycles. The van der Waals surface area contributed by atoms with Crippen molar-refractivity contribution >= 4 is 33.6 Å². The van der Waals surface area contributed by atoms with Gasteiger partial charge in [0.25, 0.3) is 0 Å². The standard InChI is InChI=1S/C6H3ClF.3C4H9.Sn/c7-5-3-1-2-4-6(5)8;3*1-3-4-2;/h1,3-4H;3*1,3-4H2,2H3;. The van der Waals surface area contributed by atoms with Gasteiger partial charge in [-0.3, -0.25) is 0 Å². The Morgan fingerprint density at radius 3 is 1.76 bits per heavy atom. The van der Waals surface area contributed by atoms with Crippen LogP contribution in [-0.4, -0.2) is 18.4 Å². The number of benzene rings is 1. The van der Waals surface area contributed by atoms with Crippen molar-refractivity contribution in [1.82, 2.24) is 0 Å². The summed E-state index contributed by atoms with van der Waals surface area (Å²) in [5, 5.41) is 0.264. The van der Waals surface area contributed by atoms with E-state index in [9.17, 15) is 4.39 Å². The molecule has 0 heterocycles. The topological polar surface area (TPSA) is 0 Å². The van der Waals surface area contributed by atoms with Crippen LogP contribution in [0.5, 0.6) is 0 Å². The molecule has 0 spiro atoms. The number of unbranched alkanes of at least 4 members (excludes halogenated alkanes) is 3. The van der Waals surface area contributed by atoms with Gasteiger partial charge in [0, 0.05) is 0 Å². The predicted octanol–water partition coefficient (Wildman–Crippen LogP) is 6.54. The van der Waals surface area contributed by atoms with Gasteiger partial charge in [-0.1, -0.05) is 0 Å². The Balaban J connectivity index is 3.12. The van der Waals surface area contributed by atoms with E-state index in [0.29, 0.717) is 0 Å². The molecule has 0 unspecified atom stereocenters. The zero-order chi connectivity index (χ0) is 15.7. The van der Waals surface area contributed by atoms with Gasteiger partial charge in [0.05, 0.1) is 0 Å². The molecule has 0 nitrogen and oxygen atoms in total. The Labute approximate surface area is 139 Å². The first-order chi connectivity index (χ1) is 10.1. The second-order valence-corrected chi connectivity index (χ2v) is 19.9. The van der Waals surface area contributed by atoms with Crippen LogP contribution in [-0.2, 0) is 0 Å². The van der Waals surface area contributed by atoms with Crippen molar-refractivity contribution in [3.63, 3.8) is 0 Å². The average molecular weight is 420 g/mol. The van der Waals surface area contributed by atoms with E-state index in [-0.39, 0.29) is 10.8 Å². The number of hydrogen-bond donors (Lipinski definition) is 0. The van der Waals surface area contributed by atoms with E-state index in [1.54, 1.807) is 12.1 Å². The maximum absolute atomic E-state index is 14.0. The summed E-state index contributed by atoms with van der Waals surface area (Å²) in [7, 11) is 0. The zero-order valence-electron chi connectivity index (χ0n) is 13.9. The summed E-state index contributed by atoms with van der Waals surface area (Å²) >= 11 is 3.42. The number of rotatable bonds is 10. The van der Waals surface area contributed by atoms with Crippen molar-refractivity contribution in [2.75, 3.05) is 0 Å². The second-order valence-electron chi connectivity index (χ2n) is 6.22. The number of hydrogen-bond acceptors (Lipinski definition) is 0. The third-order valence-electron chi connectivity index (χ3n) is 4.56. The number of halogens is 2. The fraction of sp³-hybridized carbons (Fsp3) is 0.667. The van der Waals surface area contributed by atoms with Crippen LogP contribution in [0.15, 0.2) is 18.2 Å². The Morgan fingerprint density at radius 1 is 0.905 bits per heavy atom. The van der Waals surface area contributed by atoms with E-state index in [1.807, 2.05) is 0 Å². The van der Waals surface area contributed by atoms with Crippen molar-refractivity contribution in [2.45, 2.75) is 72.6 Å². The van der Waals surface area contributed by atoms with E-state index in [0.717, 1.165) is 0 Å². The second kappa shape index (κ2) is 10.1. The van der Waals surface area contributed by atoms with Gasteiger partial charge in [0.15, 0.2) is 0 Å². The summed E-state index contributed by atoms with van der Waals surface area (Å²) in [6.45, 7) is 6.79. The van der Waals surface area contributed by atoms with E-state index in [2.05, 4.69) is 26.8 Å². The van der Waals surface area contributed by atoms with Crippen LogP contribution < -0.4 is 3.58 Å². The van der Waals surface area contributed by atoms with Gasteiger partial charge in [-0.05, 0) is 0 Å². The van der Waals surface area contributed by atoms with Gasteiger partial charge in [0.2, 0.25) is 0 Å². The van der Waals surface area contributed by atoms with Crippen molar-refractivity contribution in [3.05, 3.63) is 29.0 Å². The molecular weight excluding hydrogens is 389 g/mol. The third kappa shape index (κ3) is 5.74. The Morgan fingerprint density at radius 2 is 1.38 bits per heavy atom. The van der Waals surface area contributed by atoms with Crippen LogP contribution in [0.2, 0.25) is 18.3 Å². The first-order valence-corrected chi connectivity index (χ1v) is 16.4. The first kappa shape index (κ1) is 19.3. The molecule has 0 atom stereocenters. The quantitative estimate of drug-likeness (QED) is 0.378. The molecule has 0 radical (unpaired) electrons. The molecule has 3 heteroatoms. The molecule has 0 aromatic heterocycles. The van der Waals surface area contributed by atoms with Gasteiger partial charge < -0.3 is 0 Å². The van der Waals surface area contributed by atoms with Crippen molar-refractivity contribution in [3.8, 4) is 0 Å². The Kier molecular flexibility index (Phi) is 9.27. The van der Waals surface area contributed by atoms with Crippen molar-refractivity contribution in [2.24, 2.45) is 0 Å². The Hall–Kier alpha value is 0.239. The molecule has 0 fully saturated rings. The molecule has 0 amide bonds.